The van der Waals surface area contributed by atoms with Gasteiger partial charge in [0.2, 0.25) is 5.91 Å². The van der Waals surface area contributed by atoms with E-state index in [2.05, 4.69) is 24.1 Å². The first-order valence-corrected chi connectivity index (χ1v) is 6.78. The fraction of sp³-hybridized carbons (Fsp3) is 0.375. The zero-order chi connectivity index (χ0) is 14.7. The lowest BCUT2D eigenvalue weighted by Crippen LogP contribution is -2.14. The first kappa shape index (κ1) is 14.3. The Labute approximate surface area is 119 Å². The smallest absolute Gasteiger partial charge is 0.232 e. The van der Waals surface area contributed by atoms with Gasteiger partial charge in [-0.05, 0) is 30.5 Å². The highest BCUT2D eigenvalue weighted by Gasteiger charge is 2.12. The van der Waals surface area contributed by atoms with Gasteiger partial charge in [0.15, 0.2) is 5.89 Å². The molecular formula is C16H20N2O2. The molecule has 0 fully saturated rings. The summed E-state index contributed by atoms with van der Waals surface area (Å²) < 4.78 is 5.40. The number of rotatable bonds is 4. The summed E-state index contributed by atoms with van der Waals surface area (Å²) >= 11 is 0. The number of nitrogens with zero attached hydrogens (tertiary/aromatic N) is 1. The molecule has 4 heteroatoms. The summed E-state index contributed by atoms with van der Waals surface area (Å²) in [5.41, 5.74) is 2.82. The van der Waals surface area contributed by atoms with Crippen molar-refractivity contribution in [2.24, 2.45) is 0 Å². The summed E-state index contributed by atoms with van der Waals surface area (Å²) in [6, 6.07) is 7.91. The standard InChI is InChI=1S/C16H20N2O2/c1-10(2)13-5-7-14(8-6-13)18-16(19)9-15-11(3)17-12(4)20-15/h5-8,10H,9H2,1-4H3,(H,18,19). The molecule has 1 N–H and O–H groups in total. The van der Waals surface area contributed by atoms with Gasteiger partial charge in [-0.3, -0.25) is 4.79 Å². The Balaban J connectivity index is 1.99. The molecule has 0 radical (unpaired) electrons. The lowest BCUT2D eigenvalue weighted by Gasteiger charge is -2.08. The van der Waals surface area contributed by atoms with E-state index in [9.17, 15) is 4.79 Å². The van der Waals surface area contributed by atoms with E-state index in [1.807, 2.05) is 31.2 Å². The summed E-state index contributed by atoms with van der Waals surface area (Å²) in [6.45, 7) is 7.90. The van der Waals surface area contributed by atoms with E-state index >= 15 is 0 Å². The lowest BCUT2D eigenvalue weighted by molar-refractivity contribution is -0.115. The van der Waals surface area contributed by atoms with Crippen LogP contribution in [-0.2, 0) is 11.2 Å². The van der Waals surface area contributed by atoms with E-state index in [0.717, 1.165) is 11.4 Å². The Bertz CT molecular complexity index is 597. The Kier molecular flexibility index (Phi) is 4.23. The van der Waals surface area contributed by atoms with Crippen molar-refractivity contribution in [3.05, 3.63) is 47.2 Å². The molecule has 0 spiro atoms. The van der Waals surface area contributed by atoms with Crippen molar-refractivity contribution in [1.29, 1.82) is 0 Å². The number of benzene rings is 1. The van der Waals surface area contributed by atoms with Crippen molar-refractivity contribution < 1.29 is 9.21 Å². The number of carbonyl (C=O) groups is 1. The minimum atomic E-state index is -0.0958. The largest absolute Gasteiger partial charge is 0.445 e. The van der Waals surface area contributed by atoms with Gasteiger partial charge in [0.1, 0.15) is 5.76 Å². The monoisotopic (exact) mass is 272 g/mol. The van der Waals surface area contributed by atoms with Crippen LogP contribution in [0.2, 0.25) is 0 Å². The van der Waals surface area contributed by atoms with Crippen LogP contribution in [0.5, 0.6) is 0 Å². The molecule has 1 aromatic carbocycles. The molecule has 106 valence electrons. The molecule has 0 atom stereocenters. The molecule has 1 heterocycles. The molecule has 0 aliphatic carbocycles. The highest BCUT2D eigenvalue weighted by atomic mass is 16.4. The van der Waals surface area contributed by atoms with E-state index in [1.165, 1.54) is 5.56 Å². The number of aryl methyl sites for hydroxylation is 2. The van der Waals surface area contributed by atoms with Crippen LogP contribution < -0.4 is 5.32 Å². The molecule has 1 amide bonds. The van der Waals surface area contributed by atoms with Crippen molar-refractivity contribution >= 4 is 11.6 Å². The SMILES string of the molecule is Cc1nc(C)c(CC(=O)Nc2ccc(C(C)C)cc2)o1. The molecule has 0 aliphatic heterocycles. The molecule has 2 aromatic rings. The quantitative estimate of drug-likeness (QED) is 0.925. The molecule has 20 heavy (non-hydrogen) atoms. The zero-order valence-corrected chi connectivity index (χ0v) is 12.4. The number of aromatic nitrogens is 1. The molecular weight excluding hydrogens is 252 g/mol. The molecule has 1 aromatic heterocycles. The minimum absolute atomic E-state index is 0.0958. The van der Waals surface area contributed by atoms with Gasteiger partial charge in [-0.15, -0.1) is 0 Å². The average molecular weight is 272 g/mol. The zero-order valence-electron chi connectivity index (χ0n) is 12.4. The minimum Gasteiger partial charge on any atom is -0.445 e. The number of nitrogens with one attached hydrogen (secondary N) is 1. The van der Waals surface area contributed by atoms with E-state index in [1.54, 1.807) is 6.92 Å². The fourth-order valence-electron chi connectivity index (χ4n) is 2.04. The van der Waals surface area contributed by atoms with Gasteiger partial charge in [0.05, 0.1) is 12.1 Å². The number of carbonyl (C=O) groups excluding carboxylic acids is 1. The van der Waals surface area contributed by atoms with Crippen LogP contribution in [0.3, 0.4) is 0 Å². The van der Waals surface area contributed by atoms with Crippen LogP contribution in [0.25, 0.3) is 0 Å². The normalized spacial score (nSPS) is 10.8. The molecule has 0 aliphatic rings. The number of hydrogen-bond acceptors (Lipinski definition) is 3. The number of amides is 1. The van der Waals surface area contributed by atoms with E-state index in [-0.39, 0.29) is 12.3 Å². The van der Waals surface area contributed by atoms with Crippen LogP contribution in [0, 0.1) is 13.8 Å². The molecule has 0 unspecified atom stereocenters. The maximum atomic E-state index is 12.0. The average Bonchev–Trinajstić information content (AvgIpc) is 2.68. The van der Waals surface area contributed by atoms with Crippen LogP contribution in [0.15, 0.2) is 28.7 Å². The van der Waals surface area contributed by atoms with Crippen LogP contribution in [-0.4, -0.2) is 10.9 Å². The molecule has 0 bridgehead atoms. The van der Waals surface area contributed by atoms with Gasteiger partial charge in [-0.25, -0.2) is 4.98 Å². The van der Waals surface area contributed by atoms with E-state index in [0.29, 0.717) is 17.6 Å². The number of oxazole rings is 1. The summed E-state index contributed by atoms with van der Waals surface area (Å²) in [5.74, 6) is 1.60. The van der Waals surface area contributed by atoms with Gasteiger partial charge in [-0.2, -0.15) is 0 Å². The van der Waals surface area contributed by atoms with Crippen LogP contribution in [0.1, 0.15) is 42.7 Å². The molecule has 4 nitrogen and oxygen atoms in total. The molecule has 0 saturated carbocycles. The second-order valence-electron chi connectivity index (χ2n) is 5.24. The Morgan fingerprint density at radius 3 is 2.40 bits per heavy atom. The van der Waals surface area contributed by atoms with E-state index < -0.39 is 0 Å². The van der Waals surface area contributed by atoms with Gasteiger partial charge in [0, 0.05) is 12.6 Å². The first-order valence-electron chi connectivity index (χ1n) is 6.78. The van der Waals surface area contributed by atoms with Gasteiger partial charge in [0.25, 0.3) is 0 Å². The Morgan fingerprint density at radius 2 is 1.90 bits per heavy atom. The topological polar surface area (TPSA) is 55.1 Å². The second kappa shape index (κ2) is 5.90. The summed E-state index contributed by atoms with van der Waals surface area (Å²) in [7, 11) is 0. The van der Waals surface area contributed by atoms with Crippen molar-refractivity contribution in [2.45, 2.75) is 40.0 Å². The lowest BCUT2D eigenvalue weighted by atomic mass is 10.0. The first-order chi connectivity index (χ1) is 9.45. The summed E-state index contributed by atoms with van der Waals surface area (Å²) in [4.78, 5) is 16.1. The predicted molar refractivity (Wildman–Crippen MR) is 78.8 cm³/mol. The van der Waals surface area contributed by atoms with E-state index in [4.69, 9.17) is 4.42 Å². The maximum absolute atomic E-state index is 12.0. The third kappa shape index (κ3) is 3.47. The van der Waals surface area contributed by atoms with Gasteiger partial charge < -0.3 is 9.73 Å². The van der Waals surface area contributed by atoms with Crippen LogP contribution >= 0.6 is 0 Å². The summed E-state index contributed by atoms with van der Waals surface area (Å²) in [5, 5.41) is 2.87. The summed E-state index contributed by atoms with van der Waals surface area (Å²) in [6.07, 6.45) is 0.207. The second-order valence-corrected chi connectivity index (χ2v) is 5.24. The number of anilines is 1. The van der Waals surface area contributed by atoms with Crippen molar-refractivity contribution in [3.63, 3.8) is 0 Å². The number of hydrogen-bond donors (Lipinski definition) is 1. The molecule has 2 rings (SSSR count). The Hall–Kier alpha value is -2.10. The van der Waals surface area contributed by atoms with Crippen LogP contribution in [0.4, 0.5) is 5.69 Å². The van der Waals surface area contributed by atoms with Gasteiger partial charge >= 0.3 is 0 Å². The Morgan fingerprint density at radius 1 is 1.25 bits per heavy atom. The highest BCUT2D eigenvalue weighted by molar-refractivity contribution is 5.92. The van der Waals surface area contributed by atoms with Crippen molar-refractivity contribution in [2.75, 3.05) is 5.32 Å². The van der Waals surface area contributed by atoms with Crippen molar-refractivity contribution in [3.8, 4) is 0 Å². The molecule has 0 saturated heterocycles. The fourth-order valence-corrected chi connectivity index (χ4v) is 2.04. The van der Waals surface area contributed by atoms with Crippen molar-refractivity contribution in [1.82, 2.24) is 4.98 Å². The predicted octanol–water partition coefficient (Wildman–Crippen LogP) is 3.60. The maximum Gasteiger partial charge on any atom is 0.232 e. The van der Waals surface area contributed by atoms with Gasteiger partial charge in [-0.1, -0.05) is 26.0 Å². The third-order valence-corrected chi connectivity index (χ3v) is 3.18. The third-order valence-electron chi connectivity index (χ3n) is 3.18. The highest BCUT2D eigenvalue weighted by Crippen LogP contribution is 2.17.